The highest BCUT2D eigenvalue weighted by atomic mass is 16.4. The smallest absolute Gasteiger partial charge is 0.310 e. The SMILES string of the molecule is Cc1ccc(N(C)Cc2ccc(C(C)C(=O)O)cc2)cc1. The van der Waals surface area contributed by atoms with E-state index in [4.69, 9.17) is 5.11 Å². The number of anilines is 1. The van der Waals surface area contributed by atoms with Gasteiger partial charge in [0.1, 0.15) is 0 Å². The minimum atomic E-state index is -0.792. The second-order valence-electron chi connectivity index (χ2n) is 5.49. The van der Waals surface area contributed by atoms with Gasteiger partial charge in [-0.1, -0.05) is 42.0 Å². The van der Waals surface area contributed by atoms with E-state index in [2.05, 4.69) is 43.1 Å². The van der Waals surface area contributed by atoms with E-state index >= 15 is 0 Å². The second-order valence-corrected chi connectivity index (χ2v) is 5.49. The summed E-state index contributed by atoms with van der Waals surface area (Å²) in [6, 6.07) is 16.2. The van der Waals surface area contributed by atoms with Crippen LogP contribution in [0.25, 0.3) is 0 Å². The maximum absolute atomic E-state index is 11.0. The molecule has 2 aromatic carbocycles. The number of aliphatic carboxylic acids is 1. The van der Waals surface area contributed by atoms with Crippen LogP contribution >= 0.6 is 0 Å². The Morgan fingerprint density at radius 3 is 2.19 bits per heavy atom. The Kier molecular flexibility index (Phi) is 4.63. The lowest BCUT2D eigenvalue weighted by molar-refractivity contribution is -0.138. The molecule has 2 aromatic rings. The molecule has 0 spiro atoms. The average Bonchev–Trinajstić information content (AvgIpc) is 2.47. The Morgan fingerprint density at radius 1 is 1.10 bits per heavy atom. The van der Waals surface area contributed by atoms with Crippen molar-refractivity contribution in [2.45, 2.75) is 26.3 Å². The maximum atomic E-state index is 11.0. The highest BCUT2D eigenvalue weighted by Crippen LogP contribution is 2.19. The molecule has 3 nitrogen and oxygen atoms in total. The minimum Gasteiger partial charge on any atom is -0.481 e. The molecule has 0 fully saturated rings. The molecule has 0 aliphatic heterocycles. The molecule has 0 radical (unpaired) electrons. The zero-order valence-electron chi connectivity index (χ0n) is 12.7. The number of carboxylic acids is 1. The van der Waals surface area contributed by atoms with Crippen molar-refractivity contribution in [3.8, 4) is 0 Å². The topological polar surface area (TPSA) is 40.5 Å². The summed E-state index contributed by atoms with van der Waals surface area (Å²) in [5, 5.41) is 9.01. The highest BCUT2D eigenvalue weighted by Gasteiger charge is 2.13. The molecule has 1 atom stereocenters. The Bertz CT molecular complexity index is 602. The summed E-state index contributed by atoms with van der Waals surface area (Å²) in [5.41, 5.74) is 4.42. The molecule has 0 heterocycles. The van der Waals surface area contributed by atoms with Crippen LogP contribution in [-0.4, -0.2) is 18.1 Å². The largest absolute Gasteiger partial charge is 0.481 e. The number of benzene rings is 2. The van der Waals surface area contributed by atoms with E-state index in [9.17, 15) is 4.79 Å². The Hall–Kier alpha value is -2.29. The van der Waals surface area contributed by atoms with Gasteiger partial charge in [0, 0.05) is 19.3 Å². The average molecular weight is 283 g/mol. The lowest BCUT2D eigenvalue weighted by atomic mass is 10.00. The Labute approximate surface area is 125 Å². The number of hydrogen-bond donors (Lipinski definition) is 1. The van der Waals surface area contributed by atoms with Gasteiger partial charge in [-0.2, -0.15) is 0 Å². The summed E-state index contributed by atoms with van der Waals surface area (Å²) in [5.74, 6) is -1.26. The maximum Gasteiger partial charge on any atom is 0.310 e. The summed E-state index contributed by atoms with van der Waals surface area (Å²) >= 11 is 0. The van der Waals surface area contributed by atoms with Gasteiger partial charge in [-0.05, 0) is 37.1 Å². The lowest BCUT2D eigenvalue weighted by Crippen LogP contribution is -2.16. The summed E-state index contributed by atoms with van der Waals surface area (Å²) < 4.78 is 0. The van der Waals surface area contributed by atoms with E-state index in [0.29, 0.717) is 0 Å². The first-order valence-electron chi connectivity index (χ1n) is 7.07. The summed E-state index contributed by atoms with van der Waals surface area (Å²) in [6.07, 6.45) is 0. The van der Waals surface area contributed by atoms with Crippen molar-refractivity contribution < 1.29 is 9.90 Å². The molecule has 3 heteroatoms. The molecule has 1 N–H and O–H groups in total. The predicted octanol–water partition coefficient (Wildman–Crippen LogP) is 3.82. The number of aryl methyl sites for hydroxylation is 1. The van der Waals surface area contributed by atoms with Crippen LogP contribution in [0.15, 0.2) is 48.5 Å². The lowest BCUT2D eigenvalue weighted by Gasteiger charge is -2.20. The van der Waals surface area contributed by atoms with Crippen LogP contribution in [-0.2, 0) is 11.3 Å². The number of hydrogen-bond acceptors (Lipinski definition) is 2. The molecule has 0 saturated carbocycles. The first-order valence-corrected chi connectivity index (χ1v) is 7.07. The van der Waals surface area contributed by atoms with Gasteiger partial charge in [0.15, 0.2) is 0 Å². The van der Waals surface area contributed by atoms with Gasteiger partial charge in [0.25, 0.3) is 0 Å². The fourth-order valence-corrected chi connectivity index (χ4v) is 2.22. The van der Waals surface area contributed by atoms with Crippen LogP contribution in [0.1, 0.15) is 29.5 Å². The van der Waals surface area contributed by atoms with Crippen molar-refractivity contribution >= 4 is 11.7 Å². The summed E-state index contributed by atoms with van der Waals surface area (Å²) in [6.45, 7) is 4.58. The fourth-order valence-electron chi connectivity index (χ4n) is 2.22. The van der Waals surface area contributed by atoms with Crippen molar-refractivity contribution in [2.75, 3.05) is 11.9 Å². The molecule has 21 heavy (non-hydrogen) atoms. The third kappa shape index (κ3) is 3.85. The van der Waals surface area contributed by atoms with E-state index < -0.39 is 11.9 Å². The van der Waals surface area contributed by atoms with Crippen LogP contribution in [0.5, 0.6) is 0 Å². The van der Waals surface area contributed by atoms with Crippen molar-refractivity contribution in [3.05, 3.63) is 65.2 Å². The van der Waals surface area contributed by atoms with Crippen molar-refractivity contribution in [2.24, 2.45) is 0 Å². The molecule has 0 aliphatic carbocycles. The van der Waals surface area contributed by atoms with E-state index in [-0.39, 0.29) is 0 Å². The minimum absolute atomic E-state index is 0.464. The van der Waals surface area contributed by atoms with Crippen LogP contribution < -0.4 is 4.90 Å². The molecule has 0 aromatic heterocycles. The monoisotopic (exact) mass is 283 g/mol. The zero-order chi connectivity index (χ0) is 15.4. The number of nitrogens with zero attached hydrogens (tertiary/aromatic N) is 1. The van der Waals surface area contributed by atoms with Gasteiger partial charge in [-0.25, -0.2) is 0 Å². The molecular formula is C18H21NO2. The van der Waals surface area contributed by atoms with Gasteiger partial charge in [-0.15, -0.1) is 0 Å². The number of carbonyl (C=O) groups is 1. The standard InChI is InChI=1S/C18H21NO2/c1-13-4-10-17(11-5-13)19(3)12-15-6-8-16(9-7-15)14(2)18(20)21/h4-11,14H,12H2,1-3H3,(H,20,21). The third-order valence-electron chi connectivity index (χ3n) is 3.74. The normalized spacial score (nSPS) is 12.0. The second kappa shape index (κ2) is 6.44. The van der Waals surface area contributed by atoms with Gasteiger partial charge < -0.3 is 10.0 Å². The fraction of sp³-hybridized carbons (Fsp3) is 0.278. The first kappa shape index (κ1) is 15.1. The highest BCUT2D eigenvalue weighted by molar-refractivity contribution is 5.75. The van der Waals surface area contributed by atoms with E-state index in [1.165, 1.54) is 16.8 Å². The third-order valence-corrected chi connectivity index (χ3v) is 3.74. The van der Waals surface area contributed by atoms with Crippen LogP contribution in [0.3, 0.4) is 0 Å². The zero-order valence-corrected chi connectivity index (χ0v) is 12.7. The van der Waals surface area contributed by atoms with Crippen LogP contribution in [0.2, 0.25) is 0 Å². The van der Waals surface area contributed by atoms with E-state index in [0.717, 1.165) is 12.1 Å². The molecule has 2 rings (SSSR count). The van der Waals surface area contributed by atoms with Gasteiger partial charge >= 0.3 is 5.97 Å². The molecule has 0 saturated heterocycles. The Balaban J connectivity index is 2.06. The van der Waals surface area contributed by atoms with Crippen molar-refractivity contribution in [3.63, 3.8) is 0 Å². The van der Waals surface area contributed by atoms with Gasteiger partial charge in [0.05, 0.1) is 5.92 Å². The quantitative estimate of drug-likeness (QED) is 0.907. The van der Waals surface area contributed by atoms with Crippen molar-refractivity contribution in [1.82, 2.24) is 0 Å². The van der Waals surface area contributed by atoms with Gasteiger partial charge in [-0.3, -0.25) is 4.79 Å². The number of carboxylic acid groups (broad SMARTS) is 1. The summed E-state index contributed by atoms with van der Waals surface area (Å²) in [4.78, 5) is 13.1. The molecule has 0 bridgehead atoms. The molecule has 0 aliphatic rings. The van der Waals surface area contributed by atoms with E-state index in [1.807, 2.05) is 24.3 Å². The van der Waals surface area contributed by atoms with Crippen LogP contribution in [0, 0.1) is 6.92 Å². The Morgan fingerprint density at radius 2 is 1.67 bits per heavy atom. The molecule has 1 unspecified atom stereocenters. The predicted molar refractivity (Wildman–Crippen MR) is 85.8 cm³/mol. The van der Waals surface area contributed by atoms with E-state index in [1.54, 1.807) is 6.92 Å². The molecular weight excluding hydrogens is 262 g/mol. The van der Waals surface area contributed by atoms with Crippen LogP contribution in [0.4, 0.5) is 5.69 Å². The first-order chi connectivity index (χ1) is 9.97. The molecule has 110 valence electrons. The molecule has 0 amide bonds. The van der Waals surface area contributed by atoms with Crippen molar-refractivity contribution in [1.29, 1.82) is 0 Å². The number of rotatable bonds is 5. The van der Waals surface area contributed by atoms with Gasteiger partial charge in [0.2, 0.25) is 0 Å². The summed E-state index contributed by atoms with van der Waals surface area (Å²) in [7, 11) is 2.05.